The van der Waals surface area contributed by atoms with Gasteiger partial charge in [0.2, 0.25) is 17.6 Å². The van der Waals surface area contributed by atoms with E-state index in [1.807, 2.05) is 30.3 Å². The second-order valence-corrected chi connectivity index (χ2v) is 8.64. The lowest BCUT2D eigenvalue weighted by Crippen LogP contribution is -2.35. The lowest BCUT2D eigenvalue weighted by molar-refractivity contribution is -0.131. The average molecular weight is 365 g/mol. The minimum absolute atomic E-state index is 0.133. The van der Waals surface area contributed by atoms with E-state index in [9.17, 15) is 4.79 Å². The van der Waals surface area contributed by atoms with Crippen LogP contribution >= 0.6 is 0 Å². The Balaban J connectivity index is 1.33. The van der Waals surface area contributed by atoms with Gasteiger partial charge in [0.05, 0.1) is 5.41 Å². The van der Waals surface area contributed by atoms with Crippen molar-refractivity contribution in [1.82, 2.24) is 15.0 Å². The van der Waals surface area contributed by atoms with Crippen molar-refractivity contribution in [3.05, 3.63) is 36.2 Å². The van der Waals surface area contributed by atoms with E-state index in [1.54, 1.807) is 0 Å². The normalized spacial score (nSPS) is 27.6. The Labute approximate surface area is 160 Å². The van der Waals surface area contributed by atoms with Gasteiger partial charge in [0, 0.05) is 25.1 Å². The number of amides is 1. The van der Waals surface area contributed by atoms with Crippen molar-refractivity contribution in [2.45, 2.75) is 56.8 Å². The molecule has 3 fully saturated rings. The van der Waals surface area contributed by atoms with Crippen molar-refractivity contribution in [2.75, 3.05) is 13.1 Å². The Morgan fingerprint density at radius 2 is 2.04 bits per heavy atom. The summed E-state index contributed by atoms with van der Waals surface area (Å²) >= 11 is 0. The van der Waals surface area contributed by atoms with Crippen LogP contribution in [0.3, 0.4) is 0 Å². The summed E-state index contributed by atoms with van der Waals surface area (Å²) in [6, 6.07) is 9.97. The second kappa shape index (κ2) is 6.77. The molecule has 0 bridgehead atoms. The van der Waals surface area contributed by atoms with E-state index >= 15 is 0 Å². The maximum Gasteiger partial charge on any atom is 0.235 e. The van der Waals surface area contributed by atoms with Gasteiger partial charge in [-0.2, -0.15) is 4.98 Å². The van der Waals surface area contributed by atoms with Gasteiger partial charge in [-0.05, 0) is 31.1 Å². The Kier molecular flexibility index (Phi) is 4.25. The summed E-state index contributed by atoms with van der Waals surface area (Å²) in [6.45, 7) is 1.60. The first-order chi connectivity index (χ1) is 13.2. The van der Waals surface area contributed by atoms with Gasteiger partial charge < -0.3 is 9.42 Å². The van der Waals surface area contributed by atoms with Crippen LogP contribution < -0.4 is 0 Å². The van der Waals surface area contributed by atoms with Crippen molar-refractivity contribution in [2.24, 2.45) is 11.8 Å². The van der Waals surface area contributed by atoms with Gasteiger partial charge in [-0.25, -0.2) is 0 Å². The Morgan fingerprint density at radius 1 is 1.19 bits per heavy atom. The van der Waals surface area contributed by atoms with Crippen LogP contribution in [0.15, 0.2) is 34.9 Å². The molecular formula is C22H27N3O2. The van der Waals surface area contributed by atoms with Crippen LogP contribution in [0.2, 0.25) is 0 Å². The summed E-state index contributed by atoms with van der Waals surface area (Å²) in [5, 5.41) is 4.24. The van der Waals surface area contributed by atoms with E-state index < -0.39 is 0 Å². The maximum absolute atomic E-state index is 12.8. The van der Waals surface area contributed by atoms with Crippen LogP contribution in [0.1, 0.15) is 57.3 Å². The average Bonchev–Trinajstić information content (AvgIpc) is 3.35. The molecule has 0 unspecified atom stereocenters. The largest absolute Gasteiger partial charge is 0.341 e. The molecule has 3 aliphatic rings. The third-order valence-electron chi connectivity index (χ3n) is 7.10. The predicted octanol–water partition coefficient (Wildman–Crippen LogP) is 4.20. The summed E-state index contributed by atoms with van der Waals surface area (Å²) in [5.41, 5.74) is 0.844. The molecular weight excluding hydrogens is 338 g/mol. The molecule has 1 amide bonds. The number of aromatic nitrogens is 2. The fourth-order valence-electron chi connectivity index (χ4n) is 5.23. The monoisotopic (exact) mass is 365 g/mol. The Morgan fingerprint density at radius 3 is 2.81 bits per heavy atom. The molecule has 5 nitrogen and oxygen atoms in total. The lowest BCUT2D eigenvalue weighted by Gasteiger charge is -2.27. The van der Waals surface area contributed by atoms with E-state index in [0.29, 0.717) is 24.1 Å². The molecule has 2 atom stereocenters. The molecule has 27 heavy (non-hydrogen) atoms. The van der Waals surface area contributed by atoms with E-state index in [1.165, 1.54) is 25.7 Å². The summed E-state index contributed by atoms with van der Waals surface area (Å²) in [7, 11) is 0. The van der Waals surface area contributed by atoms with E-state index in [0.717, 1.165) is 49.7 Å². The van der Waals surface area contributed by atoms with Gasteiger partial charge in [-0.15, -0.1) is 0 Å². The van der Waals surface area contributed by atoms with Crippen LogP contribution in [0.25, 0.3) is 11.4 Å². The van der Waals surface area contributed by atoms with E-state index in [2.05, 4.69) is 10.1 Å². The topological polar surface area (TPSA) is 59.2 Å². The fourth-order valence-corrected chi connectivity index (χ4v) is 5.23. The molecule has 1 aromatic carbocycles. The molecule has 1 aliphatic heterocycles. The van der Waals surface area contributed by atoms with Crippen LogP contribution in [0.4, 0.5) is 0 Å². The maximum atomic E-state index is 12.8. The number of rotatable bonds is 5. The van der Waals surface area contributed by atoms with Crippen molar-refractivity contribution in [3.8, 4) is 11.4 Å². The highest BCUT2D eigenvalue weighted by atomic mass is 16.5. The minimum atomic E-state index is -0.133. The summed E-state index contributed by atoms with van der Waals surface area (Å²) in [5.74, 6) is 2.95. The summed E-state index contributed by atoms with van der Waals surface area (Å²) < 4.78 is 5.76. The van der Waals surface area contributed by atoms with Crippen LogP contribution in [-0.4, -0.2) is 34.0 Å². The van der Waals surface area contributed by atoms with Crippen molar-refractivity contribution < 1.29 is 9.32 Å². The summed E-state index contributed by atoms with van der Waals surface area (Å²) in [6.07, 6.45) is 9.09. The highest BCUT2D eigenvalue weighted by Crippen LogP contribution is 2.50. The fraction of sp³-hybridized carbons (Fsp3) is 0.591. The quantitative estimate of drug-likeness (QED) is 0.797. The first-order valence-corrected chi connectivity index (χ1v) is 10.4. The zero-order valence-electron chi connectivity index (χ0n) is 15.8. The first kappa shape index (κ1) is 17.0. The van der Waals surface area contributed by atoms with Crippen molar-refractivity contribution in [3.63, 3.8) is 0 Å². The molecule has 2 heterocycles. The molecule has 0 N–H and O–H groups in total. The molecule has 1 aromatic heterocycles. The van der Waals surface area contributed by atoms with Gasteiger partial charge in [0.15, 0.2) is 0 Å². The molecule has 0 radical (unpaired) electrons. The van der Waals surface area contributed by atoms with Crippen LogP contribution in [0.5, 0.6) is 0 Å². The van der Waals surface area contributed by atoms with Crippen molar-refractivity contribution in [1.29, 1.82) is 0 Å². The van der Waals surface area contributed by atoms with Gasteiger partial charge in [0.1, 0.15) is 0 Å². The predicted molar refractivity (Wildman–Crippen MR) is 102 cm³/mol. The zero-order valence-corrected chi connectivity index (χ0v) is 15.8. The zero-order chi connectivity index (χ0) is 18.3. The number of benzene rings is 1. The Bertz CT molecular complexity index is 814. The highest BCUT2D eigenvalue weighted by molar-refractivity contribution is 5.77. The first-order valence-electron chi connectivity index (χ1n) is 10.4. The molecule has 5 heteroatoms. The number of hydrogen-bond donors (Lipinski definition) is 0. The smallest absolute Gasteiger partial charge is 0.235 e. The van der Waals surface area contributed by atoms with Crippen molar-refractivity contribution >= 4 is 5.91 Å². The summed E-state index contributed by atoms with van der Waals surface area (Å²) in [4.78, 5) is 19.6. The minimum Gasteiger partial charge on any atom is -0.341 e. The molecule has 1 saturated heterocycles. The molecule has 2 saturated carbocycles. The standard InChI is InChI=1S/C22H27N3O2/c26-19(12-11-16-6-4-7-16)25-14-18-10-5-13-22(18,15-25)21-23-20(24-27-21)17-8-2-1-3-9-17/h1-3,8-9,16,18H,4-7,10-15H2/t18-,22-/m1/s1. The van der Waals surface area contributed by atoms with Gasteiger partial charge in [-0.1, -0.05) is 61.2 Å². The van der Waals surface area contributed by atoms with Gasteiger partial charge in [-0.3, -0.25) is 4.79 Å². The highest BCUT2D eigenvalue weighted by Gasteiger charge is 2.55. The van der Waals surface area contributed by atoms with Crippen LogP contribution in [0, 0.1) is 11.8 Å². The number of carbonyl (C=O) groups is 1. The molecule has 2 aliphatic carbocycles. The Hall–Kier alpha value is -2.17. The van der Waals surface area contributed by atoms with Gasteiger partial charge >= 0.3 is 0 Å². The van der Waals surface area contributed by atoms with E-state index in [-0.39, 0.29) is 5.41 Å². The molecule has 142 valence electrons. The number of hydrogen-bond acceptors (Lipinski definition) is 4. The van der Waals surface area contributed by atoms with E-state index in [4.69, 9.17) is 9.51 Å². The lowest BCUT2D eigenvalue weighted by atomic mass is 9.80. The second-order valence-electron chi connectivity index (χ2n) is 8.64. The number of carbonyl (C=O) groups excluding carboxylic acids is 1. The molecule has 2 aromatic rings. The third kappa shape index (κ3) is 2.97. The number of likely N-dealkylation sites (tertiary alicyclic amines) is 1. The molecule has 5 rings (SSSR count). The SMILES string of the molecule is O=C(CCC1CCC1)N1C[C@H]2CCC[C@@]2(c2nc(-c3ccccc3)no2)C1. The van der Waals surface area contributed by atoms with Gasteiger partial charge in [0.25, 0.3) is 0 Å². The van der Waals surface area contributed by atoms with Crippen LogP contribution in [-0.2, 0) is 10.2 Å². The third-order valence-corrected chi connectivity index (χ3v) is 7.10. The molecule has 0 spiro atoms. The number of fused-ring (bicyclic) bond motifs is 1. The number of nitrogens with zero attached hydrogens (tertiary/aromatic N) is 3.